The zero-order chi connectivity index (χ0) is 14.4. The number of halogens is 1. The topological polar surface area (TPSA) is 62.4 Å². The number of aliphatic hydroxyl groups excluding tert-OH is 1. The number of rotatable bonds is 7. The molecule has 0 radical (unpaired) electrons. The van der Waals surface area contributed by atoms with Gasteiger partial charge in [-0.15, -0.1) is 6.58 Å². The standard InChI is InChI=1S/C14H16ClN3O2/c1-2-7-18(8-9-19)10-13-16-14(17-20-13)11-5-3-4-6-12(11)15/h2-6,19H,1,7-10H2. The predicted molar refractivity (Wildman–Crippen MR) is 77.3 cm³/mol. The van der Waals surface area contributed by atoms with Crippen molar-refractivity contribution in [2.24, 2.45) is 0 Å². The maximum atomic E-state index is 9.00. The molecule has 0 atom stereocenters. The smallest absolute Gasteiger partial charge is 0.241 e. The van der Waals surface area contributed by atoms with Crippen molar-refractivity contribution in [3.8, 4) is 11.4 Å². The van der Waals surface area contributed by atoms with E-state index in [2.05, 4.69) is 16.7 Å². The van der Waals surface area contributed by atoms with E-state index < -0.39 is 0 Å². The summed E-state index contributed by atoms with van der Waals surface area (Å²) in [7, 11) is 0. The highest BCUT2D eigenvalue weighted by molar-refractivity contribution is 6.33. The van der Waals surface area contributed by atoms with Gasteiger partial charge in [-0.3, -0.25) is 4.90 Å². The molecule has 0 spiro atoms. The summed E-state index contributed by atoms with van der Waals surface area (Å²) in [5.41, 5.74) is 0.738. The Balaban J connectivity index is 2.12. The average molecular weight is 294 g/mol. The SMILES string of the molecule is C=CCN(CCO)Cc1nc(-c2ccccc2Cl)no1. The molecule has 0 bridgehead atoms. The number of aromatic nitrogens is 2. The summed E-state index contributed by atoms with van der Waals surface area (Å²) in [5, 5.41) is 13.5. The van der Waals surface area contributed by atoms with Crippen molar-refractivity contribution in [1.29, 1.82) is 0 Å². The van der Waals surface area contributed by atoms with Crippen LogP contribution in [0, 0.1) is 0 Å². The van der Waals surface area contributed by atoms with Gasteiger partial charge in [-0.2, -0.15) is 4.98 Å². The lowest BCUT2D eigenvalue weighted by molar-refractivity contribution is 0.186. The lowest BCUT2D eigenvalue weighted by Crippen LogP contribution is -2.26. The summed E-state index contributed by atoms with van der Waals surface area (Å²) in [6.45, 7) is 5.38. The highest BCUT2D eigenvalue weighted by atomic mass is 35.5. The Morgan fingerprint density at radius 1 is 1.40 bits per heavy atom. The minimum absolute atomic E-state index is 0.0688. The molecule has 0 amide bonds. The van der Waals surface area contributed by atoms with E-state index in [-0.39, 0.29) is 6.61 Å². The molecule has 106 valence electrons. The van der Waals surface area contributed by atoms with Gasteiger partial charge in [-0.05, 0) is 12.1 Å². The molecular formula is C14H16ClN3O2. The van der Waals surface area contributed by atoms with Gasteiger partial charge in [-0.1, -0.05) is 35.0 Å². The van der Waals surface area contributed by atoms with Crippen molar-refractivity contribution in [3.05, 3.63) is 47.8 Å². The molecule has 1 aromatic heterocycles. The molecule has 0 aliphatic heterocycles. The average Bonchev–Trinajstić information content (AvgIpc) is 2.88. The first-order valence-corrected chi connectivity index (χ1v) is 6.64. The first-order valence-electron chi connectivity index (χ1n) is 6.26. The summed E-state index contributed by atoms with van der Waals surface area (Å²) in [6.07, 6.45) is 1.76. The van der Waals surface area contributed by atoms with Crippen LogP contribution < -0.4 is 0 Å². The third kappa shape index (κ3) is 3.66. The third-order valence-corrected chi connectivity index (χ3v) is 3.07. The van der Waals surface area contributed by atoms with Crippen LogP contribution in [0.4, 0.5) is 0 Å². The maximum absolute atomic E-state index is 9.00. The van der Waals surface area contributed by atoms with E-state index in [4.69, 9.17) is 21.2 Å². The van der Waals surface area contributed by atoms with Gasteiger partial charge < -0.3 is 9.63 Å². The van der Waals surface area contributed by atoms with Crippen LogP contribution >= 0.6 is 11.6 Å². The second-order valence-electron chi connectivity index (χ2n) is 4.24. The zero-order valence-electron chi connectivity index (χ0n) is 11.0. The number of hydrogen-bond donors (Lipinski definition) is 1. The Labute approximate surface area is 122 Å². The van der Waals surface area contributed by atoms with Gasteiger partial charge >= 0.3 is 0 Å². The third-order valence-electron chi connectivity index (χ3n) is 2.75. The molecule has 0 unspecified atom stereocenters. The van der Waals surface area contributed by atoms with Crippen LogP contribution in [0.15, 0.2) is 41.4 Å². The van der Waals surface area contributed by atoms with Crippen molar-refractivity contribution in [2.45, 2.75) is 6.54 Å². The Morgan fingerprint density at radius 2 is 2.20 bits per heavy atom. The maximum Gasteiger partial charge on any atom is 0.241 e. The number of nitrogens with zero attached hydrogens (tertiary/aromatic N) is 3. The molecule has 0 aliphatic carbocycles. The van der Waals surface area contributed by atoms with E-state index in [1.54, 1.807) is 12.1 Å². The molecule has 2 aromatic rings. The Morgan fingerprint density at radius 3 is 2.90 bits per heavy atom. The highest BCUT2D eigenvalue weighted by Gasteiger charge is 2.13. The largest absolute Gasteiger partial charge is 0.395 e. The number of aliphatic hydroxyl groups is 1. The lowest BCUT2D eigenvalue weighted by Gasteiger charge is -2.16. The molecule has 1 N–H and O–H groups in total. The minimum Gasteiger partial charge on any atom is -0.395 e. The second kappa shape index (κ2) is 7.19. The van der Waals surface area contributed by atoms with Gasteiger partial charge in [0.25, 0.3) is 0 Å². The molecule has 0 aliphatic rings. The fourth-order valence-electron chi connectivity index (χ4n) is 1.82. The summed E-state index contributed by atoms with van der Waals surface area (Å²) < 4.78 is 5.22. The molecule has 20 heavy (non-hydrogen) atoms. The molecule has 6 heteroatoms. The van der Waals surface area contributed by atoms with Crippen LogP contribution in [0.1, 0.15) is 5.89 Å². The van der Waals surface area contributed by atoms with Crippen molar-refractivity contribution in [2.75, 3.05) is 19.7 Å². The quantitative estimate of drug-likeness (QED) is 0.794. The molecule has 0 saturated heterocycles. The fraction of sp³-hybridized carbons (Fsp3) is 0.286. The fourth-order valence-corrected chi connectivity index (χ4v) is 2.04. The van der Waals surface area contributed by atoms with Gasteiger partial charge in [0.05, 0.1) is 18.2 Å². The van der Waals surface area contributed by atoms with Crippen LogP contribution in [-0.2, 0) is 6.54 Å². The minimum atomic E-state index is 0.0688. The van der Waals surface area contributed by atoms with Gasteiger partial charge in [0, 0.05) is 18.7 Å². The molecule has 0 fully saturated rings. The van der Waals surface area contributed by atoms with Crippen molar-refractivity contribution < 1.29 is 9.63 Å². The van der Waals surface area contributed by atoms with Gasteiger partial charge in [0.2, 0.25) is 11.7 Å². The van der Waals surface area contributed by atoms with E-state index >= 15 is 0 Å². The Bertz CT molecular complexity index is 571. The van der Waals surface area contributed by atoms with Crippen molar-refractivity contribution >= 4 is 11.6 Å². The van der Waals surface area contributed by atoms with Gasteiger partial charge in [0.15, 0.2) is 0 Å². The summed E-state index contributed by atoms with van der Waals surface area (Å²) in [4.78, 5) is 6.28. The van der Waals surface area contributed by atoms with E-state index in [0.717, 1.165) is 5.56 Å². The van der Waals surface area contributed by atoms with Crippen molar-refractivity contribution in [1.82, 2.24) is 15.0 Å². The highest BCUT2D eigenvalue weighted by Crippen LogP contribution is 2.24. The lowest BCUT2D eigenvalue weighted by atomic mass is 10.2. The van der Waals surface area contributed by atoms with Crippen LogP contribution in [0.5, 0.6) is 0 Å². The molecule has 0 saturated carbocycles. The van der Waals surface area contributed by atoms with E-state index in [9.17, 15) is 0 Å². The zero-order valence-corrected chi connectivity index (χ0v) is 11.8. The number of hydrogen-bond acceptors (Lipinski definition) is 5. The van der Waals surface area contributed by atoms with E-state index in [1.165, 1.54) is 0 Å². The first-order chi connectivity index (χ1) is 9.74. The molecular weight excluding hydrogens is 278 g/mol. The summed E-state index contributed by atoms with van der Waals surface area (Å²) in [6, 6.07) is 7.34. The molecule has 2 rings (SSSR count). The predicted octanol–water partition coefficient (Wildman–Crippen LogP) is 2.37. The molecule has 1 aromatic carbocycles. The molecule has 1 heterocycles. The monoisotopic (exact) mass is 293 g/mol. The second-order valence-corrected chi connectivity index (χ2v) is 4.65. The van der Waals surface area contributed by atoms with E-state index in [1.807, 2.05) is 23.1 Å². The molecule has 5 nitrogen and oxygen atoms in total. The van der Waals surface area contributed by atoms with Crippen molar-refractivity contribution in [3.63, 3.8) is 0 Å². The Hall–Kier alpha value is -1.69. The van der Waals surface area contributed by atoms with Crippen LogP contribution in [0.25, 0.3) is 11.4 Å². The van der Waals surface area contributed by atoms with Crippen LogP contribution in [0.3, 0.4) is 0 Å². The van der Waals surface area contributed by atoms with E-state index in [0.29, 0.717) is 36.4 Å². The first kappa shape index (κ1) is 14.7. The Kier molecular flexibility index (Phi) is 5.29. The van der Waals surface area contributed by atoms with Crippen LogP contribution in [0.2, 0.25) is 5.02 Å². The number of benzene rings is 1. The normalized spacial score (nSPS) is 10.9. The van der Waals surface area contributed by atoms with Gasteiger partial charge in [-0.25, -0.2) is 0 Å². The van der Waals surface area contributed by atoms with Crippen LogP contribution in [-0.4, -0.2) is 39.8 Å². The summed E-state index contributed by atoms with van der Waals surface area (Å²) in [5.74, 6) is 0.948. The summed E-state index contributed by atoms with van der Waals surface area (Å²) >= 11 is 6.09. The van der Waals surface area contributed by atoms with Gasteiger partial charge in [0.1, 0.15) is 0 Å².